The summed E-state index contributed by atoms with van der Waals surface area (Å²) in [5.74, 6) is 2.00. The second-order valence-electron chi connectivity index (χ2n) is 6.18. The van der Waals surface area contributed by atoms with Crippen LogP contribution < -0.4 is 10.2 Å². The topological polar surface area (TPSA) is 58.1 Å². The van der Waals surface area contributed by atoms with Crippen LogP contribution in [0.3, 0.4) is 0 Å². The Morgan fingerprint density at radius 3 is 2.74 bits per heavy atom. The van der Waals surface area contributed by atoms with Crippen molar-refractivity contribution in [2.45, 2.75) is 26.2 Å². The number of hydrogen-bond acceptors (Lipinski definition) is 4. The summed E-state index contributed by atoms with van der Waals surface area (Å²) in [7, 11) is 0. The molecule has 23 heavy (non-hydrogen) atoms. The van der Waals surface area contributed by atoms with Crippen LogP contribution in [0.5, 0.6) is 0 Å². The highest BCUT2D eigenvalue weighted by Gasteiger charge is 2.17. The molecule has 0 radical (unpaired) electrons. The number of hydrogen-bond donors (Lipinski definition) is 1. The average molecular weight is 310 g/mol. The lowest BCUT2D eigenvalue weighted by molar-refractivity contribution is -0.115. The number of benzene rings is 1. The average Bonchev–Trinajstić information content (AvgIpc) is 2.56. The third kappa shape index (κ3) is 4.28. The predicted molar refractivity (Wildman–Crippen MR) is 91.4 cm³/mol. The fourth-order valence-electron chi connectivity index (χ4n) is 2.93. The Morgan fingerprint density at radius 2 is 2.04 bits per heavy atom. The van der Waals surface area contributed by atoms with Gasteiger partial charge >= 0.3 is 0 Å². The fraction of sp³-hybridized carbons (Fsp3) is 0.389. The number of amides is 1. The van der Waals surface area contributed by atoms with Crippen molar-refractivity contribution >= 4 is 17.5 Å². The molecular formula is C18H22N4O. The largest absolute Gasteiger partial charge is 0.355 e. The highest BCUT2D eigenvalue weighted by atomic mass is 16.1. The van der Waals surface area contributed by atoms with Crippen molar-refractivity contribution in [2.75, 3.05) is 23.3 Å². The predicted octanol–water partition coefficient (Wildman–Crippen LogP) is 2.89. The molecular weight excluding hydrogens is 288 g/mol. The first kappa shape index (κ1) is 15.5. The number of rotatable bonds is 4. The summed E-state index contributed by atoms with van der Waals surface area (Å²) in [6, 6.07) is 13.4. The molecule has 2 heterocycles. The van der Waals surface area contributed by atoms with Crippen LogP contribution in [0.4, 0.5) is 11.6 Å². The molecule has 1 aromatic heterocycles. The molecule has 1 aromatic carbocycles. The minimum Gasteiger partial charge on any atom is -0.355 e. The van der Waals surface area contributed by atoms with Crippen LogP contribution in [0, 0.1) is 5.92 Å². The molecule has 1 N–H and O–H groups in total. The van der Waals surface area contributed by atoms with Gasteiger partial charge in [-0.1, -0.05) is 37.3 Å². The van der Waals surface area contributed by atoms with Crippen LogP contribution in [0.15, 0.2) is 42.5 Å². The first-order valence-corrected chi connectivity index (χ1v) is 8.13. The molecule has 3 rings (SSSR count). The van der Waals surface area contributed by atoms with E-state index in [1.807, 2.05) is 42.5 Å². The first-order valence-electron chi connectivity index (χ1n) is 8.13. The van der Waals surface area contributed by atoms with E-state index in [0.717, 1.165) is 24.5 Å². The molecule has 5 heteroatoms. The summed E-state index contributed by atoms with van der Waals surface area (Å²) >= 11 is 0. The molecule has 0 saturated carbocycles. The van der Waals surface area contributed by atoms with E-state index in [0.29, 0.717) is 18.2 Å². The van der Waals surface area contributed by atoms with Gasteiger partial charge < -0.3 is 10.2 Å². The van der Waals surface area contributed by atoms with Crippen LogP contribution >= 0.6 is 0 Å². The zero-order chi connectivity index (χ0) is 16.1. The number of anilines is 2. The molecule has 0 aliphatic carbocycles. The number of piperidine rings is 1. The van der Waals surface area contributed by atoms with E-state index in [1.165, 1.54) is 12.8 Å². The second kappa shape index (κ2) is 7.22. The molecule has 1 unspecified atom stereocenters. The molecule has 1 atom stereocenters. The molecule has 5 nitrogen and oxygen atoms in total. The van der Waals surface area contributed by atoms with E-state index < -0.39 is 0 Å². The standard InChI is InChI=1S/C18H22N4O/c1-14-6-5-11-22(13-14)17-10-9-16(20-21-17)19-18(23)12-15-7-3-2-4-8-15/h2-4,7-10,14H,5-6,11-13H2,1H3,(H,19,20,23). The van der Waals surface area contributed by atoms with Gasteiger partial charge in [-0.25, -0.2) is 0 Å². The maximum Gasteiger partial charge on any atom is 0.229 e. The third-order valence-electron chi connectivity index (χ3n) is 4.11. The molecule has 2 aromatic rings. The molecule has 1 saturated heterocycles. The molecule has 0 spiro atoms. The van der Waals surface area contributed by atoms with E-state index in [9.17, 15) is 4.79 Å². The van der Waals surface area contributed by atoms with Gasteiger partial charge in [-0.2, -0.15) is 0 Å². The minimum absolute atomic E-state index is 0.0788. The SMILES string of the molecule is CC1CCCN(c2ccc(NC(=O)Cc3ccccc3)nn2)C1. The summed E-state index contributed by atoms with van der Waals surface area (Å²) in [5, 5.41) is 11.2. The Hall–Kier alpha value is -2.43. The van der Waals surface area contributed by atoms with Gasteiger partial charge in [-0.15, -0.1) is 10.2 Å². The second-order valence-corrected chi connectivity index (χ2v) is 6.18. The van der Waals surface area contributed by atoms with Gasteiger partial charge in [0.15, 0.2) is 11.6 Å². The van der Waals surface area contributed by atoms with Gasteiger partial charge in [0.25, 0.3) is 0 Å². The maximum absolute atomic E-state index is 12.0. The molecule has 1 fully saturated rings. The lowest BCUT2D eigenvalue weighted by atomic mass is 10.0. The van der Waals surface area contributed by atoms with Gasteiger partial charge in [0.2, 0.25) is 5.91 Å². The molecule has 120 valence electrons. The Morgan fingerprint density at radius 1 is 1.22 bits per heavy atom. The van der Waals surface area contributed by atoms with Crippen LogP contribution in [0.1, 0.15) is 25.3 Å². The molecule has 0 bridgehead atoms. The summed E-state index contributed by atoms with van der Waals surface area (Å²) in [4.78, 5) is 14.3. The van der Waals surface area contributed by atoms with Gasteiger partial charge in [0.1, 0.15) is 0 Å². The summed E-state index contributed by atoms with van der Waals surface area (Å²) in [6.45, 7) is 4.31. The van der Waals surface area contributed by atoms with Crippen LogP contribution in [-0.4, -0.2) is 29.2 Å². The monoisotopic (exact) mass is 310 g/mol. The van der Waals surface area contributed by atoms with E-state index in [1.54, 1.807) is 0 Å². The van der Waals surface area contributed by atoms with Crippen molar-refractivity contribution < 1.29 is 4.79 Å². The lowest BCUT2D eigenvalue weighted by Gasteiger charge is -2.31. The maximum atomic E-state index is 12.0. The van der Waals surface area contributed by atoms with Gasteiger partial charge in [-0.3, -0.25) is 4.79 Å². The summed E-state index contributed by atoms with van der Waals surface area (Å²) < 4.78 is 0. The van der Waals surface area contributed by atoms with Crippen molar-refractivity contribution in [3.05, 3.63) is 48.0 Å². The fourth-order valence-corrected chi connectivity index (χ4v) is 2.93. The molecule has 1 aliphatic rings. The Bertz CT molecular complexity index is 642. The first-order chi connectivity index (χ1) is 11.2. The number of carbonyl (C=O) groups is 1. The highest BCUT2D eigenvalue weighted by molar-refractivity contribution is 5.91. The third-order valence-corrected chi connectivity index (χ3v) is 4.11. The highest BCUT2D eigenvalue weighted by Crippen LogP contribution is 2.21. The van der Waals surface area contributed by atoms with Crippen LogP contribution in [0.25, 0.3) is 0 Å². The van der Waals surface area contributed by atoms with E-state index in [4.69, 9.17) is 0 Å². The quantitative estimate of drug-likeness (QED) is 0.943. The number of aromatic nitrogens is 2. The van der Waals surface area contributed by atoms with Crippen molar-refractivity contribution in [2.24, 2.45) is 5.92 Å². The van der Waals surface area contributed by atoms with Gasteiger partial charge in [-0.05, 0) is 36.5 Å². The number of nitrogens with one attached hydrogen (secondary N) is 1. The Labute approximate surface area is 136 Å². The Kier molecular flexibility index (Phi) is 4.86. The normalized spacial score (nSPS) is 17.8. The minimum atomic E-state index is -0.0788. The van der Waals surface area contributed by atoms with Gasteiger partial charge in [0.05, 0.1) is 6.42 Å². The zero-order valence-corrected chi connectivity index (χ0v) is 13.4. The Balaban J connectivity index is 1.58. The molecule has 1 amide bonds. The van der Waals surface area contributed by atoms with Crippen molar-refractivity contribution in [3.63, 3.8) is 0 Å². The van der Waals surface area contributed by atoms with E-state index >= 15 is 0 Å². The molecule has 1 aliphatic heterocycles. The number of carbonyl (C=O) groups excluding carboxylic acids is 1. The summed E-state index contributed by atoms with van der Waals surface area (Å²) in [5.41, 5.74) is 0.983. The number of nitrogens with zero attached hydrogens (tertiary/aromatic N) is 3. The summed E-state index contributed by atoms with van der Waals surface area (Å²) in [6.07, 6.45) is 2.81. The van der Waals surface area contributed by atoms with Crippen molar-refractivity contribution in [3.8, 4) is 0 Å². The van der Waals surface area contributed by atoms with Gasteiger partial charge in [0, 0.05) is 13.1 Å². The van der Waals surface area contributed by atoms with Crippen molar-refractivity contribution in [1.29, 1.82) is 0 Å². The van der Waals surface area contributed by atoms with Crippen LogP contribution in [-0.2, 0) is 11.2 Å². The van der Waals surface area contributed by atoms with E-state index in [-0.39, 0.29) is 5.91 Å². The van der Waals surface area contributed by atoms with Crippen molar-refractivity contribution in [1.82, 2.24) is 10.2 Å². The smallest absolute Gasteiger partial charge is 0.229 e. The van der Waals surface area contributed by atoms with E-state index in [2.05, 4.69) is 27.3 Å². The zero-order valence-electron chi connectivity index (χ0n) is 13.4. The lowest BCUT2D eigenvalue weighted by Crippen LogP contribution is -2.34. The van der Waals surface area contributed by atoms with Crippen LogP contribution in [0.2, 0.25) is 0 Å².